The van der Waals surface area contributed by atoms with Gasteiger partial charge in [0.25, 0.3) is 0 Å². The largest absolute Gasteiger partial charge is 0.316 e. The molecule has 0 atom stereocenters. The Balaban J connectivity index is 1.69. The normalized spacial score (nSPS) is 11.8. The van der Waals surface area contributed by atoms with Gasteiger partial charge in [-0.25, -0.2) is 15.0 Å². The highest BCUT2D eigenvalue weighted by Gasteiger charge is 2.34. The summed E-state index contributed by atoms with van der Waals surface area (Å²) in [5, 5.41) is 4.21. The van der Waals surface area contributed by atoms with E-state index < -0.39 is 0 Å². The molecule has 0 radical (unpaired) electrons. The molecule has 0 unspecified atom stereocenters. The van der Waals surface area contributed by atoms with Crippen molar-refractivity contribution >= 4 is 44.4 Å². The Morgan fingerprint density at radius 1 is 1.00 bits per heavy atom. The summed E-state index contributed by atoms with van der Waals surface area (Å²) in [5.74, 6) is 0.780. The van der Waals surface area contributed by atoms with Crippen LogP contribution in [0.2, 0.25) is 0 Å². The zero-order chi connectivity index (χ0) is 25.5. The SMILES string of the molecule is CCCC(CCC)(c1ccnc(Nc2nc3ccc(C(/C=N\C)=C(C)C)nc3s2)c1)c1ccccn1. The van der Waals surface area contributed by atoms with Gasteiger partial charge in [0.15, 0.2) is 5.13 Å². The van der Waals surface area contributed by atoms with E-state index in [0.29, 0.717) is 0 Å². The molecule has 0 spiro atoms. The van der Waals surface area contributed by atoms with Crippen LogP contribution in [0.15, 0.2) is 65.4 Å². The van der Waals surface area contributed by atoms with E-state index in [1.165, 1.54) is 22.5 Å². The summed E-state index contributed by atoms with van der Waals surface area (Å²) in [7, 11) is 1.78. The predicted molar refractivity (Wildman–Crippen MR) is 152 cm³/mol. The van der Waals surface area contributed by atoms with Gasteiger partial charge in [-0.15, -0.1) is 0 Å². The van der Waals surface area contributed by atoms with Crippen LogP contribution in [0.25, 0.3) is 15.9 Å². The molecule has 0 aliphatic rings. The quantitative estimate of drug-likeness (QED) is 0.228. The molecule has 0 aliphatic carbocycles. The lowest BCUT2D eigenvalue weighted by molar-refractivity contribution is 0.415. The first-order chi connectivity index (χ1) is 17.5. The van der Waals surface area contributed by atoms with E-state index in [4.69, 9.17) is 15.0 Å². The van der Waals surface area contributed by atoms with Gasteiger partial charge in [0.2, 0.25) is 0 Å². The van der Waals surface area contributed by atoms with Gasteiger partial charge in [0.1, 0.15) is 16.2 Å². The number of aliphatic imine (C=N–C) groups is 1. The Kier molecular flexibility index (Phi) is 8.21. The molecule has 4 aromatic rings. The first-order valence-electron chi connectivity index (χ1n) is 12.5. The van der Waals surface area contributed by atoms with Crippen LogP contribution in [0, 0.1) is 0 Å². The van der Waals surface area contributed by atoms with Crippen molar-refractivity contribution in [3.8, 4) is 0 Å². The minimum Gasteiger partial charge on any atom is -0.316 e. The highest BCUT2D eigenvalue weighted by Crippen LogP contribution is 2.41. The fourth-order valence-corrected chi connectivity index (χ4v) is 5.67. The Morgan fingerprint density at radius 2 is 1.81 bits per heavy atom. The van der Waals surface area contributed by atoms with Gasteiger partial charge < -0.3 is 5.32 Å². The fraction of sp³-hybridized carbons (Fsp3) is 0.345. The van der Waals surface area contributed by atoms with Crippen LogP contribution in [0.1, 0.15) is 70.3 Å². The number of rotatable bonds is 10. The number of hydrogen-bond donors (Lipinski definition) is 1. The van der Waals surface area contributed by atoms with Gasteiger partial charge >= 0.3 is 0 Å². The summed E-state index contributed by atoms with van der Waals surface area (Å²) < 4.78 is 0. The fourth-order valence-electron chi connectivity index (χ4n) is 4.82. The Bertz CT molecular complexity index is 1360. The highest BCUT2D eigenvalue weighted by molar-refractivity contribution is 7.21. The molecule has 6 nitrogen and oxygen atoms in total. The first-order valence-corrected chi connectivity index (χ1v) is 13.3. The van der Waals surface area contributed by atoms with Crippen molar-refractivity contribution in [3.63, 3.8) is 0 Å². The molecule has 0 aromatic carbocycles. The lowest BCUT2D eigenvalue weighted by Gasteiger charge is -2.34. The number of pyridine rings is 3. The molecule has 0 fully saturated rings. The van der Waals surface area contributed by atoms with Crippen LogP contribution >= 0.6 is 11.3 Å². The van der Waals surface area contributed by atoms with Crippen LogP contribution in [0.3, 0.4) is 0 Å². The van der Waals surface area contributed by atoms with E-state index in [1.807, 2.05) is 36.8 Å². The van der Waals surface area contributed by atoms with Gasteiger partial charge in [-0.05, 0) is 68.7 Å². The summed E-state index contributed by atoms with van der Waals surface area (Å²) in [6, 6.07) is 14.5. The third-order valence-electron chi connectivity index (χ3n) is 6.38. The van der Waals surface area contributed by atoms with E-state index in [-0.39, 0.29) is 5.41 Å². The number of aromatic nitrogens is 4. The van der Waals surface area contributed by atoms with Gasteiger partial charge in [-0.2, -0.15) is 0 Å². The van der Waals surface area contributed by atoms with Gasteiger partial charge in [0, 0.05) is 36.6 Å². The lowest BCUT2D eigenvalue weighted by Crippen LogP contribution is -2.29. The second-order valence-corrected chi connectivity index (χ2v) is 10.2. The van der Waals surface area contributed by atoms with E-state index in [0.717, 1.165) is 63.9 Å². The number of anilines is 2. The Labute approximate surface area is 217 Å². The highest BCUT2D eigenvalue weighted by atomic mass is 32.1. The summed E-state index contributed by atoms with van der Waals surface area (Å²) in [4.78, 5) is 24.1. The van der Waals surface area contributed by atoms with Crippen molar-refractivity contribution in [1.29, 1.82) is 0 Å². The van der Waals surface area contributed by atoms with Crippen LogP contribution in [-0.4, -0.2) is 33.2 Å². The number of allylic oxidation sites excluding steroid dienone is 2. The summed E-state index contributed by atoms with van der Waals surface area (Å²) >= 11 is 1.53. The van der Waals surface area contributed by atoms with Gasteiger partial charge in [-0.1, -0.05) is 49.7 Å². The molecule has 4 rings (SSSR count). The predicted octanol–water partition coefficient (Wildman–Crippen LogP) is 7.61. The van der Waals surface area contributed by atoms with Gasteiger partial charge in [0.05, 0.1) is 11.4 Å². The second kappa shape index (κ2) is 11.5. The topological polar surface area (TPSA) is 76.0 Å². The number of thiazole rings is 1. The maximum atomic E-state index is 4.86. The number of hydrogen-bond acceptors (Lipinski definition) is 7. The summed E-state index contributed by atoms with van der Waals surface area (Å²) in [6.07, 6.45) is 9.85. The third kappa shape index (κ3) is 5.36. The molecule has 0 amide bonds. The monoisotopic (exact) mass is 498 g/mol. The van der Waals surface area contributed by atoms with Crippen LogP contribution in [-0.2, 0) is 5.41 Å². The first kappa shape index (κ1) is 25.6. The second-order valence-electron chi connectivity index (χ2n) is 9.19. The van der Waals surface area contributed by atoms with Crippen molar-refractivity contribution in [2.24, 2.45) is 4.99 Å². The van der Waals surface area contributed by atoms with E-state index in [2.05, 4.69) is 67.3 Å². The molecule has 0 aliphatic heterocycles. The van der Waals surface area contributed by atoms with Crippen molar-refractivity contribution < 1.29 is 0 Å². The Morgan fingerprint density at radius 3 is 2.47 bits per heavy atom. The number of nitrogens with one attached hydrogen (secondary N) is 1. The molecule has 0 saturated heterocycles. The van der Waals surface area contributed by atoms with E-state index in [1.54, 1.807) is 7.05 Å². The number of fused-ring (bicyclic) bond motifs is 1. The molecule has 1 N–H and O–H groups in total. The molecular weight excluding hydrogens is 464 g/mol. The zero-order valence-corrected chi connectivity index (χ0v) is 22.6. The lowest BCUT2D eigenvalue weighted by atomic mass is 9.71. The average Bonchev–Trinajstić information content (AvgIpc) is 3.29. The van der Waals surface area contributed by atoms with Crippen molar-refractivity contribution in [2.45, 2.75) is 58.8 Å². The van der Waals surface area contributed by atoms with E-state index >= 15 is 0 Å². The van der Waals surface area contributed by atoms with Gasteiger partial charge in [-0.3, -0.25) is 9.98 Å². The molecule has 36 heavy (non-hydrogen) atoms. The summed E-state index contributed by atoms with van der Waals surface area (Å²) in [6.45, 7) is 8.62. The van der Waals surface area contributed by atoms with E-state index in [9.17, 15) is 0 Å². The maximum Gasteiger partial charge on any atom is 0.190 e. The molecule has 186 valence electrons. The Hall–Kier alpha value is -3.45. The molecule has 4 heterocycles. The molecular formula is C29H34N6S. The molecule has 0 saturated carbocycles. The third-order valence-corrected chi connectivity index (χ3v) is 7.27. The average molecular weight is 499 g/mol. The van der Waals surface area contributed by atoms with Crippen LogP contribution < -0.4 is 5.32 Å². The molecule has 0 bridgehead atoms. The van der Waals surface area contributed by atoms with Crippen LogP contribution in [0.4, 0.5) is 10.9 Å². The molecule has 7 heteroatoms. The minimum absolute atomic E-state index is 0.143. The van der Waals surface area contributed by atoms with Crippen molar-refractivity contribution in [1.82, 2.24) is 19.9 Å². The summed E-state index contributed by atoms with van der Waals surface area (Å²) in [5.41, 5.74) is 6.19. The standard InChI is InChI=1S/C29H34N6S/c1-6-14-29(15-7-2,25-10-8-9-16-31-25)21-13-17-32-26(18-21)35-28-34-24-12-11-23(33-27(24)36-28)22(19-30-5)20(3)4/h8-13,16-19H,6-7,14-15H2,1-5H3,(H,32,34,35)/b30-19-. The van der Waals surface area contributed by atoms with Crippen molar-refractivity contribution in [3.05, 3.63) is 77.4 Å². The maximum absolute atomic E-state index is 4.86. The van der Waals surface area contributed by atoms with Crippen molar-refractivity contribution in [2.75, 3.05) is 12.4 Å². The molecule has 4 aromatic heterocycles. The minimum atomic E-state index is -0.143. The van der Waals surface area contributed by atoms with Crippen LogP contribution in [0.5, 0.6) is 0 Å². The number of nitrogens with zero attached hydrogens (tertiary/aromatic N) is 5. The zero-order valence-electron chi connectivity index (χ0n) is 21.7. The smallest absolute Gasteiger partial charge is 0.190 e.